The third kappa shape index (κ3) is 8.35. The van der Waals surface area contributed by atoms with E-state index in [9.17, 15) is 14.1 Å². The number of aromatic nitrogens is 4. The van der Waals surface area contributed by atoms with E-state index in [0.717, 1.165) is 30.5 Å². The smallest absolute Gasteiger partial charge is 0.183 e. The number of thiophene rings is 1. The van der Waals surface area contributed by atoms with Gasteiger partial charge in [-0.15, -0.1) is 16.2 Å². The van der Waals surface area contributed by atoms with Gasteiger partial charge in [-0.05, 0) is 44.2 Å². The molecule has 1 N–H and O–H groups in total. The van der Waals surface area contributed by atoms with Gasteiger partial charge in [0.25, 0.3) is 0 Å². The second kappa shape index (κ2) is 16.0. The molecule has 0 saturated carbocycles. The Kier molecular flexibility index (Phi) is 13.1. The molecule has 4 aromatic rings. The normalized spacial score (nSPS) is 14.3. The fraction of sp³-hybridized carbons (Fsp3) is 0.407. The second-order valence-corrected chi connectivity index (χ2v) is 9.59. The first-order chi connectivity index (χ1) is 18.9. The first-order valence-electron chi connectivity index (χ1n) is 12.8. The van der Waals surface area contributed by atoms with E-state index < -0.39 is 0 Å². The SMILES string of the molecule is CC.CC.CN1CCCC1N=O.Cn1cnc2nc(-c3ccc(C=O)s3)nc(NCc3ccc(Cl)cc3F)c21. The molecule has 1 fully saturated rings. The summed E-state index contributed by atoms with van der Waals surface area (Å²) in [6.07, 6.45) is 4.46. The number of aryl methyl sites for hydroxylation is 1. The molecule has 0 amide bonds. The molecular formula is C27H35ClFN7O2S. The van der Waals surface area contributed by atoms with Crippen molar-refractivity contribution in [3.8, 4) is 10.7 Å². The molecular weight excluding hydrogens is 541 g/mol. The van der Waals surface area contributed by atoms with Crippen LogP contribution in [0.25, 0.3) is 21.9 Å². The van der Waals surface area contributed by atoms with Crippen LogP contribution in [-0.2, 0) is 13.6 Å². The summed E-state index contributed by atoms with van der Waals surface area (Å²) in [5, 5.41) is 6.45. The number of benzene rings is 1. The summed E-state index contributed by atoms with van der Waals surface area (Å²) in [4.78, 5) is 37.5. The third-order valence-corrected chi connectivity index (χ3v) is 6.84. The average Bonchev–Trinajstić information content (AvgIpc) is 3.70. The number of aldehydes is 1. The number of imidazole rings is 1. The fourth-order valence-electron chi connectivity index (χ4n) is 3.70. The van der Waals surface area contributed by atoms with Gasteiger partial charge in [0.1, 0.15) is 17.5 Å². The highest BCUT2D eigenvalue weighted by molar-refractivity contribution is 7.16. The molecule has 210 valence electrons. The number of nitrogens with one attached hydrogen (secondary N) is 1. The van der Waals surface area contributed by atoms with Gasteiger partial charge in [0.15, 0.2) is 23.6 Å². The number of hydrogen-bond donors (Lipinski definition) is 1. The lowest BCUT2D eigenvalue weighted by Crippen LogP contribution is -2.21. The van der Waals surface area contributed by atoms with Crippen molar-refractivity contribution in [1.82, 2.24) is 24.4 Å². The lowest BCUT2D eigenvalue weighted by molar-refractivity contribution is 0.112. The molecule has 1 atom stereocenters. The van der Waals surface area contributed by atoms with Gasteiger partial charge in [-0.25, -0.2) is 19.3 Å². The molecule has 5 rings (SSSR count). The first-order valence-corrected chi connectivity index (χ1v) is 14.0. The summed E-state index contributed by atoms with van der Waals surface area (Å²) in [7, 11) is 3.77. The van der Waals surface area contributed by atoms with E-state index in [1.54, 1.807) is 35.2 Å². The number of anilines is 1. The maximum absolute atomic E-state index is 14.1. The Hall–Kier alpha value is -3.28. The zero-order valence-electron chi connectivity index (χ0n) is 23.1. The first kappa shape index (κ1) is 31.9. The van der Waals surface area contributed by atoms with Gasteiger partial charge in [-0.2, -0.15) is 0 Å². The fourth-order valence-corrected chi connectivity index (χ4v) is 4.61. The van der Waals surface area contributed by atoms with Crippen LogP contribution in [-0.4, -0.2) is 50.5 Å². The number of fused-ring (bicyclic) bond motifs is 1. The van der Waals surface area contributed by atoms with Crippen molar-refractivity contribution < 1.29 is 9.18 Å². The topological polar surface area (TPSA) is 105 Å². The summed E-state index contributed by atoms with van der Waals surface area (Å²) in [5.74, 6) is 0.600. The van der Waals surface area contributed by atoms with Gasteiger partial charge >= 0.3 is 0 Å². The molecule has 0 bridgehead atoms. The van der Waals surface area contributed by atoms with E-state index in [0.29, 0.717) is 38.3 Å². The highest BCUT2D eigenvalue weighted by Crippen LogP contribution is 2.29. The minimum atomic E-state index is -0.389. The number of likely N-dealkylation sites (tertiary alicyclic amines) is 1. The quantitative estimate of drug-likeness (QED) is 0.192. The Bertz CT molecular complexity index is 1360. The van der Waals surface area contributed by atoms with Crippen molar-refractivity contribution in [2.75, 3.05) is 18.9 Å². The number of hydrogen-bond acceptors (Lipinski definition) is 9. The molecule has 3 aromatic heterocycles. The zero-order chi connectivity index (χ0) is 28.9. The largest absolute Gasteiger partial charge is 0.364 e. The molecule has 1 saturated heterocycles. The second-order valence-electron chi connectivity index (χ2n) is 8.04. The summed E-state index contributed by atoms with van der Waals surface area (Å²) >= 11 is 7.10. The van der Waals surface area contributed by atoms with E-state index in [2.05, 4.69) is 25.4 Å². The molecule has 4 heterocycles. The minimum Gasteiger partial charge on any atom is -0.364 e. The zero-order valence-corrected chi connectivity index (χ0v) is 24.7. The number of carbonyl (C=O) groups is 1. The molecule has 12 heteroatoms. The van der Waals surface area contributed by atoms with Crippen molar-refractivity contribution in [1.29, 1.82) is 0 Å². The minimum absolute atomic E-state index is 0.0324. The average molecular weight is 576 g/mol. The number of nitroso groups, excluding NO2 is 1. The summed E-state index contributed by atoms with van der Waals surface area (Å²) in [6, 6.07) is 8.05. The van der Waals surface area contributed by atoms with Crippen LogP contribution in [0.1, 0.15) is 55.8 Å². The van der Waals surface area contributed by atoms with Gasteiger partial charge < -0.3 is 9.88 Å². The standard InChI is InChI=1S/C18H13ClFN5OS.C5H10N2O.2C2H6/c1-25-9-22-18-15(25)17(21-7-10-2-3-11(19)6-13(10)20)23-16(24-18)14-5-4-12(8-26)27-14;1-7-4-2-3-5(7)6-8;2*1-2/h2-6,8-9H,7H2,1H3,(H,21,23,24);5H,2-4H2,1H3;2*1-2H3. The highest BCUT2D eigenvalue weighted by Gasteiger charge is 2.20. The number of halogens is 2. The van der Waals surface area contributed by atoms with Crippen molar-refractivity contribution in [2.45, 2.75) is 53.2 Å². The lowest BCUT2D eigenvalue weighted by atomic mass is 10.2. The Morgan fingerprint density at radius 3 is 2.49 bits per heavy atom. The van der Waals surface area contributed by atoms with Crippen LogP contribution in [0.15, 0.2) is 41.8 Å². The van der Waals surface area contributed by atoms with Crippen LogP contribution in [0.5, 0.6) is 0 Å². The van der Waals surface area contributed by atoms with Gasteiger partial charge in [0.2, 0.25) is 0 Å². The van der Waals surface area contributed by atoms with Crippen LogP contribution in [0, 0.1) is 10.7 Å². The third-order valence-electron chi connectivity index (χ3n) is 5.60. The van der Waals surface area contributed by atoms with E-state index in [-0.39, 0.29) is 18.5 Å². The van der Waals surface area contributed by atoms with Crippen molar-refractivity contribution in [2.24, 2.45) is 12.2 Å². The molecule has 9 nitrogen and oxygen atoms in total. The van der Waals surface area contributed by atoms with Crippen LogP contribution < -0.4 is 5.32 Å². The van der Waals surface area contributed by atoms with Crippen molar-refractivity contribution in [3.63, 3.8) is 0 Å². The van der Waals surface area contributed by atoms with Crippen LogP contribution in [0.2, 0.25) is 5.02 Å². The molecule has 39 heavy (non-hydrogen) atoms. The van der Waals surface area contributed by atoms with Crippen molar-refractivity contribution >= 4 is 46.2 Å². The maximum Gasteiger partial charge on any atom is 0.183 e. The highest BCUT2D eigenvalue weighted by atomic mass is 35.5. The van der Waals surface area contributed by atoms with E-state index in [4.69, 9.17) is 11.6 Å². The molecule has 1 aromatic carbocycles. The lowest BCUT2D eigenvalue weighted by Gasteiger charge is -2.10. The van der Waals surface area contributed by atoms with E-state index >= 15 is 0 Å². The van der Waals surface area contributed by atoms with Crippen molar-refractivity contribution in [3.05, 3.63) is 62.8 Å². The van der Waals surface area contributed by atoms with Crippen LogP contribution >= 0.6 is 22.9 Å². The Balaban J connectivity index is 0.000000375. The van der Waals surface area contributed by atoms with Crippen LogP contribution in [0.4, 0.5) is 10.2 Å². The summed E-state index contributed by atoms with van der Waals surface area (Å²) in [5.41, 5.74) is 1.69. The predicted octanol–water partition coefficient (Wildman–Crippen LogP) is 7.17. The van der Waals surface area contributed by atoms with Gasteiger partial charge in [-0.1, -0.05) is 50.5 Å². The van der Waals surface area contributed by atoms with Gasteiger partial charge in [0, 0.05) is 30.7 Å². The number of nitrogens with zero attached hydrogens (tertiary/aromatic N) is 6. The Labute approximate surface area is 237 Å². The molecule has 0 radical (unpaired) electrons. The predicted molar refractivity (Wildman–Crippen MR) is 158 cm³/mol. The number of carbonyl (C=O) groups excluding carboxylic acids is 1. The molecule has 1 aliphatic rings. The monoisotopic (exact) mass is 575 g/mol. The summed E-state index contributed by atoms with van der Waals surface area (Å²) in [6.45, 7) is 9.25. The van der Waals surface area contributed by atoms with Gasteiger partial charge in [-0.3, -0.25) is 9.69 Å². The molecule has 0 aliphatic carbocycles. The molecule has 1 aliphatic heterocycles. The van der Waals surface area contributed by atoms with E-state index in [1.807, 2.05) is 46.7 Å². The number of rotatable bonds is 6. The Morgan fingerprint density at radius 1 is 1.18 bits per heavy atom. The molecule has 0 spiro atoms. The van der Waals surface area contributed by atoms with Crippen LogP contribution in [0.3, 0.4) is 0 Å². The van der Waals surface area contributed by atoms with E-state index in [1.165, 1.54) is 17.4 Å². The van der Waals surface area contributed by atoms with Gasteiger partial charge in [0.05, 0.1) is 16.1 Å². The summed E-state index contributed by atoms with van der Waals surface area (Å²) < 4.78 is 15.9. The maximum atomic E-state index is 14.1. The Morgan fingerprint density at radius 2 is 1.92 bits per heavy atom. The molecule has 1 unspecified atom stereocenters.